The van der Waals surface area contributed by atoms with E-state index in [4.69, 9.17) is 0 Å². The quantitative estimate of drug-likeness (QED) is 0.213. The van der Waals surface area contributed by atoms with Gasteiger partial charge in [-0.15, -0.1) is 24.0 Å². The number of hydrogen-bond acceptors (Lipinski definition) is 3. The zero-order chi connectivity index (χ0) is 19.9. The van der Waals surface area contributed by atoms with Crippen LogP contribution in [0.5, 0.6) is 0 Å². The van der Waals surface area contributed by atoms with E-state index in [9.17, 15) is 12.8 Å². The van der Waals surface area contributed by atoms with Crippen molar-refractivity contribution in [2.24, 2.45) is 4.99 Å². The monoisotopic (exact) mass is 526 g/mol. The van der Waals surface area contributed by atoms with Gasteiger partial charge in [-0.1, -0.05) is 12.1 Å². The van der Waals surface area contributed by atoms with Gasteiger partial charge in [0.1, 0.15) is 5.82 Å². The summed E-state index contributed by atoms with van der Waals surface area (Å²) in [6.07, 6.45) is 2.72. The molecule has 9 heteroatoms. The number of rotatable bonds is 10. The number of sulfonamides is 1. The Hall–Kier alpha value is -0.940. The van der Waals surface area contributed by atoms with E-state index in [1.165, 1.54) is 10.4 Å². The number of aliphatic imine (C=N–C) groups is 1. The third kappa shape index (κ3) is 7.14. The first-order valence-electron chi connectivity index (χ1n) is 9.55. The lowest BCUT2D eigenvalue weighted by Crippen LogP contribution is -2.39. The fourth-order valence-corrected chi connectivity index (χ4v) is 3.80. The minimum atomic E-state index is -3.14. The number of hydrogen-bond donors (Lipinski definition) is 2. The lowest BCUT2D eigenvalue weighted by Gasteiger charge is -2.18. The fraction of sp³-hybridized carbons (Fsp3) is 0.632. The highest BCUT2D eigenvalue weighted by molar-refractivity contribution is 14.0. The second kappa shape index (κ2) is 11.3. The van der Waals surface area contributed by atoms with Crippen LogP contribution in [0, 0.1) is 5.82 Å². The van der Waals surface area contributed by atoms with Crippen molar-refractivity contribution in [3.63, 3.8) is 0 Å². The number of benzene rings is 1. The predicted molar refractivity (Wildman–Crippen MR) is 123 cm³/mol. The molecule has 1 aromatic rings. The van der Waals surface area contributed by atoms with Crippen LogP contribution in [0.3, 0.4) is 0 Å². The first-order chi connectivity index (χ1) is 12.8. The van der Waals surface area contributed by atoms with Crippen molar-refractivity contribution < 1.29 is 12.8 Å². The molecule has 0 aromatic heterocycles. The van der Waals surface area contributed by atoms with E-state index in [-0.39, 0.29) is 41.0 Å². The number of halogens is 2. The highest BCUT2D eigenvalue weighted by Gasteiger charge is 2.44. The molecule has 0 aliphatic heterocycles. The topological polar surface area (TPSA) is 73.8 Å². The smallest absolute Gasteiger partial charge is 0.213 e. The van der Waals surface area contributed by atoms with E-state index in [1.54, 1.807) is 26.1 Å². The second-order valence-corrected chi connectivity index (χ2v) is 9.35. The first kappa shape index (κ1) is 25.1. The number of nitrogens with one attached hydrogen (secondary N) is 2. The van der Waals surface area contributed by atoms with Crippen LogP contribution in [-0.4, -0.2) is 57.7 Å². The van der Waals surface area contributed by atoms with Gasteiger partial charge < -0.3 is 10.6 Å². The Labute approximate surface area is 185 Å². The minimum absolute atomic E-state index is 0. The Bertz CT molecular complexity index is 754. The minimum Gasteiger partial charge on any atom is -0.357 e. The average molecular weight is 526 g/mol. The molecule has 0 spiro atoms. The van der Waals surface area contributed by atoms with Gasteiger partial charge in [0, 0.05) is 32.1 Å². The Morgan fingerprint density at radius 1 is 1.29 bits per heavy atom. The highest BCUT2D eigenvalue weighted by atomic mass is 127. The molecular weight excluding hydrogens is 494 g/mol. The van der Waals surface area contributed by atoms with Gasteiger partial charge in [-0.3, -0.25) is 4.99 Å². The molecule has 0 radical (unpaired) electrons. The third-order valence-corrected chi connectivity index (χ3v) is 6.82. The second-order valence-electron chi connectivity index (χ2n) is 6.99. The van der Waals surface area contributed by atoms with Crippen molar-refractivity contribution in [3.05, 3.63) is 35.6 Å². The molecule has 1 aliphatic rings. The highest BCUT2D eigenvalue weighted by Crippen LogP contribution is 2.48. The van der Waals surface area contributed by atoms with Gasteiger partial charge in [-0.25, -0.2) is 17.1 Å². The van der Waals surface area contributed by atoms with Gasteiger partial charge in [-0.2, -0.15) is 0 Å². The van der Waals surface area contributed by atoms with Crippen LogP contribution >= 0.6 is 24.0 Å². The molecule has 2 N–H and O–H groups in total. The lowest BCUT2D eigenvalue weighted by atomic mass is 9.96. The van der Waals surface area contributed by atoms with Crippen LogP contribution in [0.1, 0.15) is 38.7 Å². The molecule has 1 fully saturated rings. The normalized spacial score (nSPS) is 15.8. The molecule has 28 heavy (non-hydrogen) atoms. The summed E-state index contributed by atoms with van der Waals surface area (Å²) in [5.74, 6) is 0.614. The maximum Gasteiger partial charge on any atom is 0.213 e. The Morgan fingerprint density at radius 2 is 2.00 bits per heavy atom. The summed E-state index contributed by atoms with van der Waals surface area (Å²) in [5.41, 5.74) is 0.952. The maximum absolute atomic E-state index is 13.5. The van der Waals surface area contributed by atoms with Crippen molar-refractivity contribution in [2.75, 3.05) is 39.0 Å². The summed E-state index contributed by atoms with van der Waals surface area (Å²) < 4.78 is 38.4. The summed E-state index contributed by atoms with van der Waals surface area (Å²) >= 11 is 0. The largest absolute Gasteiger partial charge is 0.357 e. The van der Waals surface area contributed by atoms with Crippen molar-refractivity contribution in [2.45, 2.75) is 38.5 Å². The SMILES string of the molecule is CCNC(=NCC1(c2cccc(F)c2)CC1)NCCCN(C)S(=O)(=O)CC.I. The van der Waals surface area contributed by atoms with Crippen LogP contribution in [0.25, 0.3) is 0 Å². The molecule has 160 valence electrons. The molecule has 0 bridgehead atoms. The van der Waals surface area contributed by atoms with Gasteiger partial charge in [-0.05, 0) is 50.8 Å². The van der Waals surface area contributed by atoms with E-state index in [0.717, 1.165) is 24.9 Å². The van der Waals surface area contributed by atoms with Crippen molar-refractivity contribution in [1.82, 2.24) is 14.9 Å². The third-order valence-electron chi connectivity index (χ3n) is 4.96. The van der Waals surface area contributed by atoms with Gasteiger partial charge in [0.05, 0.1) is 12.3 Å². The zero-order valence-electron chi connectivity index (χ0n) is 16.9. The summed E-state index contributed by atoms with van der Waals surface area (Å²) in [6.45, 7) is 6.08. The van der Waals surface area contributed by atoms with Crippen LogP contribution in [0.15, 0.2) is 29.3 Å². The van der Waals surface area contributed by atoms with Crippen LogP contribution < -0.4 is 10.6 Å². The van der Waals surface area contributed by atoms with E-state index >= 15 is 0 Å². The number of guanidine groups is 1. The summed E-state index contributed by atoms with van der Waals surface area (Å²) in [7, 11) is -1.53. The molecule has 2 rings (SSSR count). The van der Waals surface area contributed by atoms with Crippen LogP contribution in [0.2, 0.25) is 0 Å². The van der Waals surface area contributed by atoms with E-state index < -0.39 is 10.0 Å². The predicted octanol–water partition coefficient (Wildman–Crippen LogP) is 2.70. The molecule has 0 saturated heterocycles. The molecule has 1 aromatic carbocycles. The Morgan fingerprint density at radius 3 is 2.57 bits per heavy atom. The summed E-state index contributed by atoms with van der Waals surface area (Å²) in [5, 5.41) is 6.46. The van der Waals surface area contributed by atoms with E-state index in [0.29, 0.717) is 32.0 Å². The van der Waals surface area contributed by atoms with Crippen molar-refractivity contribution in [1.29, 1.82) is 0 Å². The zero-order valence-corrected chi connectivity index (χ0v) is 20.0. The molecule has 0 heterocycles. The Kier molecular flexibility index (Phi) is 10.1. The van der Waals surface area contributed by atoms with Gasteiger partial charge in [0.25, 0.3) is 0 Å². The van der Waals surface area contributed by atoms with E-state index in [2.05, 4.69) is 15.6 Å². The molecule has 0 atom stereocenters. The maximum atomic E-state index is 13.5. The van der Waals surface area contributed by atoms with Crippen molar-refractivity contribution in [3.8, 4) is 0 Å². The van der Waals surface area contributed by atoms with E-state index in [1.807, 2.05) is 13.0 Å². The molecular formula is C19H32FIN4O2S. The van der Waals surface area contributed by atoms with Gasteiger partial charge in [0.2, 0.25) is 10.0 Å². The van der Waals surface area contributed by atoms with Gasteiger partial charge >= 0.3 is 0 Å². The fourth-order valence-electron chi connectivity index (χ4n) is 2.95. The lowest BCUT2D eigenvalue weighted by molar-refractivity contribution is 0.461. The van der Waals surface area contributed by atoms with Crippen LogP contribution in [0.4, 0.5) is 4.39 Å². The standard InChI is InChI=1S/C19H31FN4O2S.HI/c1-4-21-18(22-12-7-13-24(3)27(25,26)5-2)23-15-19(10-11-19)16-8-6-9-17(20)14-16;/h6,8-9,14H,4-5,7,10-13,15H2,1-3H3,(H2,21,22,23);1H. The summed E-state index contributed by atoms with van der Waals surface area (Å²) in [6, 6.07) is 6.78. The Balaban J connectivity index is 0.00000392. The molecule has 1 aliphatic carbocycles. The van der Waals surface area contributed by atoms with Crippen LogP contribution in [-0.2, 0) is 15.4 Å². The molecule has 1 saturated carbocycles. The average Bonchev–Trinajstić information content (AvgIpc) is 3.44. The molecule has 0 amide bonds. The number of nitrogens with zero attached hydrogens (tertiary/aromatic N) is 2. The summed E-state index contributed by atoms with van der Waals surface area (Å²) in [4.78, 5) is 4.68. The van der Waals surface area contributed by atoms with Gasteiger partial charge in [0.15, 0.2) is 5.96 Å². The van der Waals surface area contributed by atoms with Crippen molar-refractivity contribution >= 4 is 40.0 Å². The molecule has 0 unspecified atom stereocenters. The molecule has 6 nitrogen and oxygen atoms in total. The first-order valence-corrected chi connectivity index (χ1v) is 11.2.